The maximum atomic E-state index is 11.9. The Bertz CT molecular complexity index is 1320. The minimum Gasteiger partial charge on any atom is -0.493 e. The zero-order valence-electron chi connectivity index (χ0n) is 23.3. The monoisotopic (exact) mass is 544 g/mol. The van der Waals surface area contributed by atoms with Crippen LogP contribution in [-0.4, -0.2) is 54.1 Å². The number of thiazole rings is 1. The van der Waals surface area contributed by atoms with Crippen LogP contribution in [0.15, 0.2) is 36.4 Å². The largest absolute Gasteiger partial charge is 0.493 e. The standard InChI is InChI=1S/C32H40N4O2S/c1-22-24(7-3-9-26(22)31-34-27-21-33-16-12-29(27)39-31)25-8-4-10-28(23(25)2)38-20-6-17-36-18-14-32(15-19-36)13-5-11-30(37)35-32/h3-4,7-10,33H,5-6,11-21H2,1-2H3,(H,35,37). The first kappa shape index (κ1) is 26.5. The van der Waals surface area contributed by atoms with Gasteiger partial charge in [0.25, 0.3) is 0 Å². The van der Waals surface area contributed by atoms with Crippen molar-refractivity contribution < 1.29 is 9.53 Å². The number of nitrogens with zero attached hydrogens (tertiary/aromatic N) is 2. The van der Waals surface area contributed by atoms with E-state index >= 15 is 0 Å². The molecule has 3 aliphatic heterocycles. The lowest BCUT2D eigenvalue weighted by atomic mass is 9.80. The van der Waals surface area contributed by atoms with Crippen molar-refractivity contribution in [3.63, 3.8) is 0 Å². The lowest BCUT2D eigenvalue weighted by Gasteiger charge is -2.44. The van der Waals surface area contributed by atoms with Crippen molar-refractivity contribution in [1.29, 1.82) is 0 Å². The molecule has 6 nitrogen and oxygen atoms in total. The highest BCUT2D eigenvalue weighted by atomic mass is 32.1. The van der Waals surface area contributed by atoms with Gasteiger partial charge in [0.2, 0.25) is 5.91 Å². The van der Waals surface area contributed by atoms with Crippen LogP contribution in [0.2, 0.25) is 0 Å². The van der Waals surface area contributed by atoms with Crippen LogP contribution in [0.3, 0.4) is 0 Å². The molecule has 0 bridgehead atoms. The molecule has 0 atom stereocenters. The number of hydrogen-bond donors (Lipinski definition) is 2. The fraction of sp³-hybridized carbons (Fsp3) is 0.500. The van der Waals surface area contributed by atoms with E-state index in [1.807, 2.05) is 11.3 Å². The molecule has 206 valence electrons. The van der Waals surface area contributed by atoms with Crippen LogP contribution in [0.4, 0.5) is 0 Å². The summed E-state index contributed by atoms with van der Waals surface area (Å²) in [7, 11) is 0. The molecule has 0 aliphatic carbocycles. The topological polar surface area (TPSA) is 66.5 Å². The molecule has 2 aromatic carbocycles. The second-order valence-corrected chi connectivity index (χ2v) is 12.5. The Kier molecular flexibility index (Phi) is 7.74. The highest BCUT2D eigenvalue weighted by Crippen LogP contribution is 2.38. The van der Waals surface area contributed by atoms with Gasteiger partial charge in [-0.3, -0.25) is 4.79 Å². The smallest absolute Gasteiger partial charge is 0.220 e. The van der Waals surface area contributed by atoms with E-state index in [1.54, 1.807) is 0 Å². The third-order valence-electron chi connectivity index (χ3n) is 8.89. The molecule has 0 unspecified atom stereocenters. The molecule has 4 heterocycles. The molecule has 3 aromatic rings. The van der Waals surface area contributed by atoms with Crippen molar-refractivity contribution in [2.75, 3.05) is 32.8 Å². The molecule has 2 N–H and O–H groups in total. The molecule has 0 saturated carbocycles. The molecule has 1 aromatic heterocycles. The summed E-state index contributed by atoms with van der Waals surface area (Å²) >= 11 is 1.85. The Hall–Kier alpha value is -2.74. The Morgan fingerprint density at radius 2 is 1.77 bits per heavy atom. The lowest BCUT2D eigenvalue weighted by Crippen LogP contribution is -2.57. The summed E-state index contributed by atoms with van der Waals surface area (Å²) in [5.41, 5.74) is 7.44. The van der Waals surface area contributed by atoms with Gasteiger partial charge < -0.3 is 20.3 Å². The van der Waals surface area contributed by atoms with Crippen molar-refractivity contribution >= 4 is 17.2 Å². The third kappa shape index (κ3) is 5.63. The molecule has 6 rings (SSSR count). The first-order valence-corrected chi connectivity index (χ1v) is 15.4. The molecule has 3 aliphatic rings. The number of aromatic nitrogens is 1. The Balaban J connectivity index is 1.08. The summed E-state index contributed by atoms with van der Waals surface area (Å²) in [5, 5.41) is 7.86. The molecule has 1 spiro atoms. The second kappa shape index (κ2) is 11.4. The molecule has 2 fully saturated rings. The maximum Gasteiger partial charge on any atom is 0.220 e. The van der Waals surface area contributed by atoms with Gasteiger partial charge in [0, 0.05) is 55.1 Å². The summed E-state index contributed by atoms with van der Waals surface area (Å²) in [6.07, 6.45) is 7.07. The number of nitrogens with one attached hydrogen (secondary N) is 2. The number of hydrogen-bond acceptors (Lipinski definition) is 6. The summed E-state index contributed by atoms with van der Waals surface area (Å²) in [6, 6.07) is 13.0. The van der Waals surface area contributed by atoms with E-state index in [0.717, 1.165) is 82.0 Å². The van der Waals surface area contributed by atoms with Crippen molar-refractivity contribution in [2.45, 2.75) is 70.9 Å². The SMILES string of the molecule is Cc1c(OCCCN2CCC3(CCCC(=O)N3)CC2)cccc1-c1cccc(-c2nc3c(s2)CCNC3)c1C. The van der Waals surface area contributed by atoms with E-state index in [0.29, 0.717) is 13.0 Å². The number of carbonyl (C=O) groups is 1. The third-order valence-corrected chi connectivity index (χ3v) is 10.1. The second-order valence-electron chi connectivity index (χ2n) is 11.4. The Morgan fingerprint density at radius 3 is 2.56 bits per heavy atom. The number of ether oxygens (including phenoxy) is 1. The predicted molar refractivity (Wildman–Crippen MR) is 158 cm³/mol. The van der Waals surface area contributed by atoms with Crippen molar-refractivity contribution in [3.8, 4) is 27.4 Å². The number of piperidine rings is 2. The number of fused-ring (bicyclic) bond motifs is 1. The van der Waals surface area contributed by atoms with Crippen LogP contribution < -0.4 is 15.4 Å². The molecule has 0 radical (unpaired) electrons. The summed E-state index contributed by atoms with van der Waals surface area (Å²) in [6.45, 7) is 10.2. The summed E-state index contributed by atoms with van der Waals surface area (Å²) in [5.74, 6) is 1.21. The lowest BCUT2D eigenvalue weighted by molar-refractivity contribution is -0.126. The van der Waals surface area contributed by atoms with Crippen molar-refractivity contribution in [2.24, 2.45) is 0 Å². The van der Waals surface area contributed by atoms with Gasteiger partial charge in [0.15, 0.2) is 0 Å². The number of likely N-dealkylation sites (tertiary alicyclic amines) is 1. The molecular weight excluding hydrogens is 504 g/mol. The molecular formula is C32H40N4O2S. The first-order chi connectivity index (χ1) is 19.0. The maximum absolute atomic E-state index is 11.9. The van der Waals surface area contributed by atoms with Crippen molar-refractivity contribution in [3.05, 3.63) is 58.1 Å². The highest BCUT2D eigenvalue weighted by molar-refractivity contribution is 7.15. The van der Waals surface area contributed by atoms with Crippen LogP contribution in [0, 0.1) is 13.8 Å². The highest BCUT2D eigenvalue weighted by Gasteiger charge is 2.37. The summed E-state index contributed by atoms with van der Waals surface area (Å²) < 4.78 is 6.32. The van der Waals surface area contributed by atoms with E-state index in [1.165, 1.54) is 38.4 Å². The van der Waals surface area contributed by atoms with E-state index in [2.05, 4.69) is 65.8 Å². The molecule has 2 saturated heterocycles. The molecule has 7 heteroatoms. The molecule has 1 amide bonds. The number of benzene rings is 2. The average Bonchev–Trinajstić information content (AvgIpc) is 3.37. The van der Waals surface area contributed by atoms with E-state index in [4.69, 9.17) is 9.72 Å². The van der Waals surface area contributed by atoms with Crippen LogP contribution in [0.1, 0.15) is 60.2 Å². The van der Waals surface area contributed by atoms with Crippen molar-refractivity contribution in [1.82, 2.24) is 20.5 Å². The fourth-order valence-corrected chi connectivity index (χ4v) is 7.68. The minimum absolute atomic E-state index is 0.0610. The Labute approximate surface area is 236 Å². The van der Waals surface area contributed by atoms with Gasteiger partial charge in [-0.2, -0.15) is 0 Å². The van der Waals surface area contributed by atoms with Gasteiger partial charge in [-0.25, -0.2) is 4.98 Å². The zero-order valence-corrected chi connectivity index (χ0v) is 24.1. The van der Waals surface area contributed by atoms with Crippen LogP contribution in [0.25, 0.3) is 21.7 Å². The number of amides is 1. The zero-order chi connectivity index (χ0) is 26.8. The number of carbonyl (C=O) groups excluding carboxylic acids is 1. The van der Waals surface area contributed by atoms with Gasteiger partial charge in [-0.05, 0) is 80.7 Å². The van der Waals surface area contributed by atoms with Crippen LogP contribution in [0.5, 0.6) is 5.75 Å². The molecule has 39 heavy (non-hydrogen) atoms. The van der Waals surface area contributed by atoms with E-state index in [9.17, 15) is 4.79 Å². The van der Waals surface area contributed by atoms with Gasteiger partial charge >= 0.3 is 0 Å². The van der Waals surface area contributed by atoms with Gasteiger partial charge in [0.05, 0.1) is 12.3 Å². The van der Waals surface area contributed by atoms with Crippen LogP contribution >= 0.6 is 11.3 Å². The van der Waals surface area contributed by atoms with E-state index in [-0.39, 0.29) is 11.4 Å². The quantitative estimate of drug-likeness (QED) is 0.377. The minimum atomic E-state index is 0.0610. The Morgan fingerprint density at radius 1 is 1.00 bits per heavy atom. The predicted octanol–water partition coefficient (Wildman–Crippen LogP) is 5.64. The first-order valence-electron chi connectivity index (χ1n) is 14.6. The van der Waals surface area contributed by atoms with E-state index < -0.39 is 0 Å². The fourth-order valence-electron chi connectivity index (χ4n) is 6.52. The number of rotatable bonds is 7. The average molecular weight is 545 g/mol. The van der Waals surface area contributed by atoms with Gasteiger partial charge in [0.1, 0.15) is 10.8 Å². The normalized spacial score (nSPS) is 19.1. The van der Waals surface area contributed by atoms with Gasteiger partial charge in [-0.1, -0.05) is 30.3 Å². The summed E-state index contributed by atoms with van der Waals surface area (Å²) in [4.78, 5) is 20.8. The van der Waals surface area contributed by atoms with Gasteiger partial charge in [-0.15, -0.1) is 11.3 Å². The van der Waals surface area contributed by atoms with Crippen LogP contribution in [-0.2, 0) is 17.8 Å².